The number of carboxylic acids is 1. The van der Waals surface area contributed by atoms with E-state index in [2.05, 4.69) is 5.32 Å². The molecule has 0 aromatic heterocycles. The first-order valence-corrected chi connectivity index (χ1v) is 5.81. The normalized spacial score (nSPS) is 11.4. The number of unbranched alkanes of at least 4 members (excludes halogenated alkanes) is 1. The van der Waals surface area contributed by atoms with Crippen molar-refractivity contribution in [1.29, 1.82) is 5.26 Å². The molecule has 5 nitrogen and oxygen atoms in total. The van der Waals surface area contributed by atoms with Gasteiger partial charge < -0.3 is 10.4 Å². The first-order chi connectivity index (χ1) is 9.45. The Balaban J connectivity index is 2.75. The Morgan fingerprint density at radius 1 is 1.40 bits per heavy atom. The van der Waals surface area contributed by atoms with E-state index in [1.54, 1.807) is 0 Å². The molecule has 0 aliphatic rings. The van der Waals surface area contributed by atoms with Crippen molar-refractivity contribution >= 4 is 11.9 Å². The smallest absolute Gasteiger partial charge is 0.326 e. The van der Waals surface area contributed by atoms with Gasteiger partial charge in [-0.1, -0.05) is 0 Å². The van der Waals surface area contributed by atoms with Crippen LogP contribution in [0.1, 0.15) is 29.6 Å². The zero-order valence-electron chi connectivity index (χ0n) is 10.4. The molecular formula is C13H12F2N2O3. The molecule has 0 radical (unpaired) electrons. The van der Waals surface area contributed by atoms with Crippen LogP contribution in [0.25, 0.3) is 0 Å². The third kappa shape index (κ3) is 4.31. The van der Waals surface area contributed by atoms with Crippen LogP contribution in [-0.2, 0) is 4.79 Å². The summed E-state index contributed by atoms with van der Waals surface area (Å²) in [6.45, 7) is 0. The van der Waals surface area contributed by atoms with Crippen LogP contribution in [0.3, 0.4) is 0 Å². The summed E-state index contributed by atoms with van der Waals surface area (Å²) in [5.41, 5.74) is -0.432. The number of hydrogen-bond acceptors (Lipinski definition) is 3. The minimum absolute atomic E-state index is 0.0530. The van der Waals surface area contributed by atoms with E-state index in [-0.39, 0.29) is 12.8 Å². The molecule has 0 heterocycles. The van der Waals surface area contributed by atoms with E-state index in [1.165, 1.54) is 0 Å². The van der Waals surface area contributed by atoms with Crippen LogP contribution >= 0.6 is 0 Å². The number of benzene rings is 1. The number of aliphatic carboxylic acids is 1. The molecule has 1 atom stereocenters. The quantitative estimate of drug-likeness (QED) is 0.779. The first kappa shape index (κ1) is 15.6. The fraction of sp³-hybridized carbons (Fsp3) is 0.308. The van der Waals surface area contributed by atoms with E-state index in [0.717, 1.165) is 12.1 Å². The van der Waals surface area contributed by atoms with Crippen molar-refractivity contribution in [2.45, 2.75) is 25.3 Å². The van der Waals surface area contributed by atoms with Crippen molar-refractivity contribution in [1.82, 2.24) is 5.32 Å². The Kier molecular flexibility index (Phi) is 5.59. The van der Waals surface area contributed by atoms with Crippen molar-refractivity contribution < 1.29 is 23.5 Å². The molecule has 0 aliphatic heterocycles. The maximum absolute atomic E-state index is 13.4. The van der Waals surface area contributed by atoms with Crippen molar-refractivity contribution in [3.63, 3.8) is 0 Å². The number of nitrogens with zero attached hydrogens (tertiary/aromatic N) is 1. The molecule has 0 bridgehead atoms. The van der Waals surface area contributed by atoms with Gasteiger partial charge in [-0.05, 0) is 25.0 Å². The van der Waals surface area contributed by atoms with Gasteiger partial charge >= 0.3 is 5.97 Å². The van der Waals surface area contributed by atoms with Gasteiger partial charge in [0.2, 0.25) is 0 Å². The molecule has 0 spiro atoms. The zero-order chi connectivity index (χ0) is 15.1. The largest absolute Gasteiger partial charge is 0.480 e. The number of amides is 1. The predicted octanol–water partition coefficient (Wildman–Crippen LogP) is 1.84. The molecule has 1 aromatic carbocycles. The highest BCUT2D eigenvalue weighted by atomic mass is 19.1. The second kappa shape index (κ2) is 7.19. The van der Waals surface area contributed by atoms with Crippen LogP contribution in [0, 0.1) is 23.0 Å². The lowest BCUT2D eigenvalue weighted by Gasteiger charge is -2.14. The average molecular weight is 282 g/mol. The van der Waals surface area contributed by atoms with Crippen LogP contribution in [0.2, 0.25) is 0 Å². The van der Waals surface area contributed by atoms with Crippen molar-refractivity contribution in [3.8, 4) is 6.07 Å². The second-order valence-electron chi connectivity index (χ2n) is 4.04. The summed E-state index contributed by atoms with van der Waals surface area (Å²) < 4.78 is 26.1. The number of hydrogen-bond donors (Lipinski definition) is 2. The molecule has 1 aromatic rings. The number of carbonyl (C=O) groups is 2. The minimum atomic E-state index is -1.28. The van der Waals surface area contributed by atoms with Crippen LogP contribution in [0.15, 0.2) is 18.2 Å². The zero-order valence-corrected chi connectivity index (χ0v) is 10.4. The monoisotopic (exact) mass is 282 g/mol. The highest BCUT2D eigenvalue weighted by Crippen LogP contribution is 2.10. The number of rotatable bonds is 6. The van der Waals surface area contributed by atoms with Gasteiger partial charge in [0.1, 0.15) is 17.7 Å². The van der Waals surface area contributed by atoms with Crippen LogP contribution < -0.4 is 5.32 Å². The lowest BCUT2D eigenvalue weighted by Crippen LogP contribution is -2.41. The Hall–Kier alpha value is -2.49. The number of carbonyl (C=O) groups excluding carboxylic acids is 1. The molecule has 0 saturated heterocycles. The molecule has 0 saturated carbocycles. The van der Waals surface area contributed by atoms with Gasteiger partial charge in [0, 0.05) is 12.5 Å². The number of nitriles is 1. The molecule has 0 unspecified atom stereocenters. The van der Waals surface area contributed by atoms with Crippen molar-refractivity contribution in [2.75, 3.05) is 0 Å². The summed E-state index contributed by atoms with van der Waals surface area (Å²) in [7, 11) is 0. The Morgan fingerprint density at radius 2 is 2.10 bits per heavy atom. The van der Waals surface area contributed by atoms with Gasteiger partial charge in [-0.3, -0.25) is 4.79 Å². The molecule has 1 amide bonds. The van der Waals surface area contributed by atoms with Gasteiger partial charge in [0.25, 0.3) is 5.91 Å². The summed E-state index contributed by atoms with van der Waals surface area (Å²) in [5.74, 6) is -4.11. The molecule has 106 valence electrons. The van der Waals surface area contributed by atoms with E-state index in [9.17, 15) is 18.4 Å². The fourth-order valence-corrected chi connectivity index (χ4v) is 1.55. The third-order valence-electron chi connectivity index (χ3n) is 2.56. The lowest BCUT2D eigenvalue weighted by atomic mass is 10.1. The Bertz CT molecular complexity index is 555. The Labute approximate surface area is 113 Å². The van der Waals surface area contributed by atoms with Gasteiger partial charge in [-0.2, -0.15) is 5.26 Å². The molecule has 0 aliphatic carbocycles. The summed E-state index contributed by atoms with van der Waals surface area (Å²) >= 11 is 0. The van der Waals surface area contributed by atoms with E-state index >= 15 is 0 Å². The van der Waals surface area contributed by atoms with Gasteiger partial charge in [-0.25, -0.2) is 13.6 Å². The molecule has 20 heavy (non-hydrogen) atoms. The summed E-state index contributed by atoms with van der Waals surface area (Å²) in [5, 5.41) is 19.4. The van der Waals surface area contributed by atoms with E-state index in [1.807, 2.05) is 6.07 Å². The number of carboxylic acid groups (broad SMARTS) is 1. The average Bonchev–Trinajstić information content (AvgIpc) is 2.37. The third-order valence-corrected chi connectivity index (χ3v) is 2.56. The lowest BCUT2D eigenvalue weighted by molar-refractivity contribution is -0.139. The second-order valence-corrected chi connectivity index (χ2v) is 4.04. The standard InChI is InChI=1S/C13H12F2N2O3/c14-8-4-5-9(10(15)7-8)12(18)17-11(13(19)20)3-1-2-6-16/h4-5,7,11H,1-3H2,(H,17,18)(H,19,20)/t11-/m0/s1. The number of halogens is 2. The summed E-state index contributed by atoms with van der Waals surface area (Å²) in [6.07, 6.45) is 0.502. The van der Waals surface area contributed by atoms with Crippen LogP contribution in [-0.4, -0.2) is 23.0 Å². The molecule has 1 rings (SSSR count). The molecule has 2 N–H and O–H groups in total. The van der Waals surface area contributed by atoms with Crippen LogP contribution in [0.5, 0.6) is 0 Å². The first-order valence-electron chi connectivity index (χ1n) is 5.81. The van der Waals surface area contributed by atoms with E-state index in [4.69, 9.17) is 10.4 Å². The van der Waals surface area contributed by atoms with E-state index in [0.29, 0.717) is 12.5 Å². The van der Waals surface area contributed by atoms with Crippen LogP contribution in [0.4, 0.5) is 8.78 Å². The molecule has 7 heteroatoms. The van der Waals surface area contributed by atoms with Gasteiger partial charge in [0.15, 0.2) is 0 Å². The van der Waals surface area contributed by atoms with Gasteiger partial charge in [-0.15, -0.1) is 0 Å². The predicted molar refractivity (Wildman–Crippen MR) is 64.7 cm³/mol. The SMILES string of the molecule is N#CCCC[C@H](NC(=O)c1ccc(F)cc1F)C(=O)O. The van der Waals surface area contributed by atoms with Crippen molar-refractivity contribution in [3.05, 3.63) is 35.4 Å². The fourth-order valence-electron chi connectivity index (χ4n) is 1.55. The highest BCUT2D eigenvalue weighted by molar-refractivity contribution is 5.96. The van der Waals surface area contributed by atoms with Gasteiger partial charge in [0.05, 0.1) is 11.6 Å². The topological polar surface area (TPSA) is 90.2 Å². The molecular weight excluding hydrogens is 270 g/mol. The van der Waals surface area contributed by atoms with E-state index < -0.39 is 35.1 Å². The summed E-state index contributed by atoms with van der Waals surface area (Å²) in [4.78, 5) is 22.7. The maximum atomic E-state index is 13.4. The molecule has 0 fully saturated rings. The Morgan fingerprint density at radius 3 is 2.65 bits per heavy atom. The highest BCUT2D eigenvalue weighted by Gasteiger charge is 2.22. The number of nitrogens with one attached hydrogen (secondary N) is 1. The van der Waals surface area contributed by atoms with Crippen molar-refractivity contribution in [2.24, 2.45) is 0 Å². The minimum Gasteiger partial charge on any atom is -0.480 e. The maximum Gasteiger partial charge on any atom is 0.326 e. The summed E-state index contributed by atoms with van der Waals surface area (Å²) in [6, 6.07) is 3.02.